The molecule has 1 heterocycles. The van der Waals surface area contributed by atoms with E-state index in [0.29, 0.717) is 17.4 Å². The van der Waals surface area contributed by atoms with E-state index in [2.05, 4.69) is 50.4 Å². The zero-order valence-corrected chi connectivity index (χ0v) is 11.4. The molecule has 0 amide bonds. The van der Waals surface area contributed by atoms with Gasteiger partial charge in [0, 0.05) is 18.8 Å². The lowest BCUT2D eigenvalue weighted by atomic mass is 10.2. The summed E-state index contributed by atoms with van der Waals surface area (Å²) in [7, 11) is 0. The highest BCUT2D eigenvalue weighted by Gasteiger charge is 2.46. The maximum Gasteiger partial charge on any atom is 0.224 e. The van der Waals surface area contributed by atoms with E-state index >= 15 is 0 Å². The fourth-order valence-electron chi connectivity index (χ4n) is 1.59. The van der Waals surface area contributed by atoms with Crippen molar-refractivity contribution in [2.75, 3.05) is 17.2 Å². The van der Waals surface area contributed by atoms with Crippen LogP contribution < -0.4 is 10.6 Å². The molecule has 1 saturated carbocycles. The van der Waals surface area contributed by atoms with E-state index in [1.165, 1.54) is 6.42 Å². The van der Waals surface area contributed by atoms with E-state index in [1.54, 1.807) is 6.20 Å². The first-order chi connectivity index (χ1) is 7.53. The second-order valence-corrected chi connectivity index (χ2v) is 5.66. The Labute approximate surface area is 104 Å². The second kappa shape index (κ2) is 4.20. The molecule has 0 aromatic carbocycles. The molecule has 1 unspecified atom stereocenters. The van der Waals surface area contributed by atoms with Gasteiger partial charge in [-0.25, -0.2) is 4.98 Å². The molecule has 2 N–H and O–H groups in total. The van der Waals surface area contributed by atoms with Crippen molar-refractivity contribution < 1.29 is 0 Å². The molecule has 1 aliphatic rings. The molecule has 1 aromatic heterocycles. The minimum Gasteiger partial charge on any atom is -0.366 e. The first-order valence-electron chi connectivity index (χ1n) is 5.56. The molecule has 16 heavy (non-hydrogen) atoms. The van der Waals surface area contributed by atoms with Gasteiger partial charge in [0.2, 0.25) is 5.95 Å². The van der Waals surface area contributed by atoms with Gasteiger partial charge >= 0.3 is 0 Å². The maximum atomic E-state index is 4.43. The van der Waals surface area contributed by atoms with Crippen molar-refractivity contribution in [3.05, 3.63) is 10.7 Å². The summed E-state index contributed by atoms with van der Waals surface area (Å²) in [6, 6.07) is 0.521. The summed E-state index contributed by atoms with van der Waals surface area (Å²) < 4.78 is 0.914. The SMILES string of the molecule is CCNc1ncc(Br)c(NC2CC2(C)C)n1. The van der Waals surface area contributed by atoms with Crippen LogP contribution in [-0.2, 0) is 0 Å². The van der Waals surface area contributed by atoms with Gasteiger partial charge in [-0.1, -0.05) is 13.8 Å². The Morgan fingerprint density at radius 2 is 2.25 bits per heavy atom. The first-order valence-corrected chi connectivity index (χ1v) is 6.35. The normalized spacial score (nSPS) is 21.6. The molecule has 2 rings (SSSR count). The number of anilines is 2. The topological polar surface area (TPSA) is 49.8 Å². The van der Waals surface area contributed by atoms with E-state index in [0.717, 1.165) is 16.8 Å². The average molecular weight is 285 g/mol. The third kappa shape index (κ3) is 2.45. The molecule has 1 fully saturated rings. The van der Waals surface area contributed by atoms with Gasteiger partial charge in [0.25, 0.3) is 0 Å². The summed E-state index contributed by atoms with van der Waals surface area (Å²) in [5.41, 5.74) is 0.392. The van der Waals surface area contributed by atoms with Gasteiger partial charge in [0.15, 0.2) is 0 Å². The molecule has 1 atom stereocenters. The van der Waals surface area contributed by atoms with E-state index in [1.807, 2.05) is 6.92 Å². The number of nitrogens with zero attached hydrogens (tertiary/aromatic N) is 2. The minimum absolute atomic E-state index is 0.392. The van der Waals surface area contributed by atoms with Crippen molar-refractivity contribution in [2.24, 2.45) is 5.41 Å². The smallest absolute Gasteiger partial charge is 0.224 e. The Bertz CT molecular complexity index is 392. The summed E-state index contributed by atoms with van der Waals surface area (Å²) in [5.74, 6) is 1.55. The van der Waals surface area contributed by atoms with Crippen molar-refractivity contribution in [3.8, 4) is 0 Å². The summed E-state index contributed by atoms with van der Waals surface area (Å²) in [4.78, 5) is 8.61. The lowest BCUT2D eigenvalue weighted by Crippen LogP contribution is -2.12. The van der Waals surface area contributed by atoms with E-state index in [9.17, 15) is 0 Å². The molecule has 0 spiro atoms. The minimum atomic E-state index is 0.392. The van der Waals surface area contributed by atoms with Crippen molar-refractivity contribution in [2.45, 2.75) is 33.2 Å². The van der Waals surface area contributed by atoms with Crippen molar-refractivity contribution in [3.63, 3.8) is 0 Å². The maximum absolute atomic E-state index is 4.43. The Balaban J connectivity index is 2.10. The Morgan fingerprint density at radius 3 is 2.81 bits per heavy atom. The van der Waals surface area contributed by atoms with Crippen molar-refractivity contribution >= 4 is 27.7 Å². The van der Waals surface area contributed by atoms with Gasteiger partial charge in [-0.3, -0.25) is 0 Å². The molecular formula is C11H17BrN4. The number of nitrogens with one attached hydrogen (secondary N) is 2. The number of hydrogen-bond acceptors (Lipinski definition) is 4. The number of halogens is 1. The summed E-state index contributed by atoms with van der Waals surface area (Å²) >= 11 is 3.46. The molecule has 88 valence electrons. The fraction of sp³-hybridized carbons (Fsp3) is 0.636. The molecule has 1 aliphatic carbocycles. The zero-order valence-electron chi connectivity index (χ0n) is 9.84. The highest BCUT2D eigenvalue weighted by atomic mass is 79.9. The van der Waals surface area contributed by atoms with Crippen LogP contribution in [-0.4, -0.2) is 22.6 Å². The molecule has 0 aliphatic heterocycles. The number of hydrogen-bond donors (Lipinski definition) is 2. The van der Waals surface area contributed by atoms with Gasteiger partial charge in [-0.2, -0.15) is 4.98 Å². The van der Waals surface area contributed by atoms with Gasteiger partial charge in [0.05, 0.1) is 4.47 Å². The molecule has 4 nitrogen and oxygen atoms in total. The van der Waals surface area contributed by atoms with Crippen LogP contribution in [0.2, 0.25) is 0 Å². The van der Waals surface area contributed by atoms with E-state index < -0.39 is 0 Å². The predicted octanol–water partition coefficient (Wildman–Crippen LogP) is 2.88. The van der Waals surface area contributed by atoms with Crippen LogP contribution in [0, 0.1) is 5.41 Å². The highest BCUT2D eigenvalue weighted by molar-refractivity contribution is 9.10. The van der Waals surface area contributed by atoms with Crippen LogP contribution in [0.15, 0.2) is 10.7 Å². The van der Waals surface area contributed by atoms with Crippen LogP contribution >= 0.6 is 15.9 Å². The summed E-state index contributed by atoms with van der Waals surface area (Å²) in [6.07, 6.45) is 2.97. The first kappa shape index (κ1) is 11.6. The molecule has 0 saturated heterocycles. The van der Waals surface area contributed by atoms with Gasteiger partial charge in [-0.15, -0.1) is 0 Å². The standard InChI is InChI=1S/C11H17BrN4/c1-4-13-10-14-6-7(12)9(16-10)15-8-5-11(8,2)3/h6,8H,4-5H2,1-3H3,(H2,13,14,15,16). The highest BCUT2D eigenvalue weighted by Crippen LogP contribution is 2.46. The lowest BCUT2D eigenvalue weighted by molar-refractivity contribution is 0.629. The number of aromatic nitrogens is 2. The fourth-order valence-corrected chi connectivity index (χ4v) is 1.90. The van der Waals surface area contributed by atoms with Gasteiger partial charge < -0.3 is 10.6 Å². The van der Waals surface area contributed by atoms with Crippen LogP contribution in [0.3, 0.4) is 0 Å². The monoisotopic (exact) mass is 284 g/mol. The Hall–Kier alpha value is -0.840. The van der Waals surface area contributed by atoms with Crippen molar-refractivity contribution in [1.29, 1.82) is 0 Å². The second-order valence-electron chi connectivity index (χ2n) is 4.81. The quantitative estimate of drug-likeness (QED) is 0.893. The average Bonchev–Trinajstić information content (AvgIpc) is 2.80. The molecule has 1 aromatic rings. The zero-order chi connectivity index (χ0) is 11.8. The third-order valence-electron chi connectivity index (χ3n) is 2.90. The third-order valence-corrected chi connectivity index (χ3v) is 3.48. The van der Waals surface area contributed by atoms with E-state index in [4.69, 9.17) is 0 Å². The van der Waals surface area contributed by atoms with Crippen LogP contribution in [0.5, 0.6) is 0 Å². The van der Waals surface area contributed by atoms with Gasteiger partial charge in [0.1, 0.15) is 5.82 Å². The molecule has 5 heteroatoms. The predicted molar refractivity (Wildman–Crippen MR) is 69.7 cm³/mol. The van der Waals surface area contributed by atoms with Crippen LogP contribution in [0.25, 0.3) is 0 Å². The molecule has 0 bridgehead atoms. The molecular weight excluding hydrogens is 268 g/mol. The van der Waals surface area contributed by atoms with E-state index in [-0.39, 0.29) is 0 Å². The lowest BCUT2D eigenvalue weighted by Gasteiger charge is -2.10. The summed E-state index contributed by atoms with van der Waals surface area (Å²) in [6.45, 7) is 7.37. The Morgan fingerprint density at radius 1 is 1.56 bits per heavy atom. The van der Waals surface area contributed by atoms with Crippen LogP contribution in [0.1, 0.15) is 27.2 Å². The summed E-state index contributed by atoms with van der Waals surface area (Å²) in [5, 5.41) is 6.54. The van der Waals surface area contributed by atoms with Gasteiger partial charge in [-0.05, 0) is 34.7 Å². The van der Waals surface area contributed by atoms with Crippen LogP contribution in [0.4, 0.5) is 11.8 Å². The Kier molecular flexibility index (Phi) is 3.06. The largest absolute Gasteiger partial charge is 0.366 e. The number of rotatable bonds is 4. The molecule has 0 radical (unpaired) electrons. The van der Waals surface area contributed by atoms with Crippen molar-refractivity contribution in [1.82, 2.24) is 9.97 Å².